The van der Waals surface area contributed by atoms with Crippen LogP contribution in [0.5, 0.6) is 0 Å². The van der Waals surface area contributed by atoms with Gasteiger partial charge >= 0.3 is 0 Å². The molecule has 1 aliphatic heterocycles. The molecule has 1 heterocycles. The topological polar surface area (TPSA) is 41.3 Å². The molecule has 1 aromatic carbocycles. The van der Waals surface area contributed by atoms with Crippen LogP contribution in [0.4, 0.5) is 5.69 Å². The van der Waals surface area contributed by atoms with Gasteiger partial charge in [0.25, 0.3) is 0 Å². The molecule has 2 aliphatic rings. The van der Waals surface area contributed by atoms with Crippen molar-refractivity contribution in [3.8, 4) is 0 Å². The van der Waals surface area contributed by atoms with Crippen LogP contribution >= 0.6 is 0 Å². The van der Waals surface area contributed by atoms with Gasteiger partial charge in [-0.15, -0.1) is 0 Å². The van der Waals surface area contributed by atoms with Crippen LogP contribution in [0.25, 0.3) is 0 Å². The average molecular weight is 273 g/mol. The summed E-state index contributed by atoms with van der Waals surface area (Å²) in [5.41, 5.74) is 8.53. The summed E-state index contributed by atoms with van der Waals surface area (Å²) in [6.45, 7) is 4.44. The monoisotopic (exact) mass is 273 g/mol. The molecule has 2 fully saturated rings. The van der Waals surface area contributed by atoms with Crippen molar-refractivity contribution >= 4 is 5.69 Å². The van der Waals surface area contributed by atoms with Crippen molar-refractivity contribution in [1.29, 1.82) is 0 Å². The lowest BCUT2D eigenvalue weighted by atomic mass is 10.0. The van der Waals surface area contributed by atoms with Crippen molar-refractivity contribution in [2.45, 2.75) is 44.7 Å². The number of hydrogen-bond donors (Lipinski definition) is 2. The van der Waals surface area contributed by atoms with Gasteiger partial charge in [-0.25, -0.2) is 0 Å². The predicted octanol–water partition coefficient (Wildman–Crippen LogP) is 2.82. The van der Waals surface area contributed by atoms with Gasteiger partial charge in [0.1, 0.15) is 0 Å². The maximum absolute atomic E-state index is 5.85. The predicted molar refractivity (Wildman–Crippen MR) is 84.8 cm³/mol. The molecule has 3 rings (SSSR count). The molecule has 2 atom stereocenters. The van der Waals surface area contributed by atoms with Crippen molar-refractivity contribution < 1.29 is 0 Å². The lowest BCUT2D eigenvalue weighted by molar-refractivity contribution is 0.331. The molecule has 0 spiro atoms. The minimum Gasteiger partial charge on any atom is -0.382 e. The first-order valence-electron chi connectivity index (χ1n) is 8.13. The standard InChI is InChI=1S/C17H27N3/c18-12-15-4-3-5-17(15)19-16-8-6-14(7-9-16)13-20-10-1-2-11-20/h6-9,15,17,19H,1-5,10-13,18H2. The second-order valence-electron chi connectivity index (χ2n) is 6.36. The first-order valence-corrected chi connectivity index (χ1v) is 8.13. The first-order chi connectivity index (χ1) is 9.85. The third kappa shape index (κ3) is 3.33. The van der Waals surface area contributed by atoms with E-state index >= 15 is 0 Å². The van der Waals surface area contributed by atoms with Gasteiger partial charge in [0.05, 0.1) is 0 Å². The highest BCUT2D eigenvalue weighted by Gasteiger charge is 2.25. The van der Waals surface area contributed by atoms with Crippen LogP contribution in [0.2, 0.25) is 0 Å². The first kappa shape index (κ1) is 13.9. The highest BCUT2D eigenvalue weighted by molar-refractivity contribution is 5.45. The van der Waals surface area contributed by atoms with Crippen molar-refractivity contribution in [2.24, 2.45) is 11.7 Å². The summed E-state index contributed by atoms with van der Waals surface area (Å²) in [7, 11) is 0. The minimum absolute atomic E-state index is 0.574. The van der Waals surface area contributed by atoms with E-state index in [4.69, 9.17) is 5.73 Å². The maximum Gasteiger partial charge on any atom is 0.0342 e. The molecule has 3 N–H and O–H groups in total. The largest absolute Gasteiger partial charge is 0.382 e. The van der Waals surface area contributed by atoms with E-state index in [2.05, 4.69) is 34.5 Å². The van der Waals surface area contributed by atoms with Crippen molar-refractivity contribution in [3.63, 3.8) is 0 Å². The van der Waals surface area contributed by atoms with Crippen LogP contribution in [-0.2, 0) is 6.54 Å². The second-order valence-corrected chi connectivity index (χ2v) is 6.36. The molecule has 0 amide bonds. The van der Waals surface area contributed by atoms with Crippen LogP contribution in [0.15, 0.2) is 24.3 Å². The van der Waals surface area contributed by atoms with Crippen LogP contribution in [0.1, 0.15) is 37.7 Å². The summed E-state index contributed by atoms with van der Waals surface area (Å²) in [6, 6.07) is 9.58. The van der Waals surface area contributed by atoms with E-state index in [1.807, 2.05) is 0 Å². The number of hydrogen-bond acceptors (Lipinski definition) is 3. The number of anilines is 1. The van der Waals surface area contributed by atoms with E-state index < -0.39 is 0 Å². The molecule has 3 heteroatoms. The molecule has 1 saturated heterocycles. The SMILES string of the molecule is NCC1CCCC1Nc1ccc(CN2CCCC2)cc1. The molecule has 1 saturated carbocycles. The molecule has 0 aromatic heterocycles. The van der Waals surface area contributed by atoms with Gasteiger partial charge in [0.2, 0.25) is 0 Å². The van der Waals surface area contributed by atoms with Gasteiger partial charge in [-0.05, 0) is 68.9 Å². The Morgan fingerprint density at radius 3 is 2.50 bits per heavy atom. The quantitative estimate of drug-likeness (QED) is 0.867. The molecular formula is C17H27N3. The van der Waals surface area contributed by atoms with E-state index in [0.717, 1.165) is 13.1 Å². The zero-order chi connectivity index (χ0) is 13.8. The number of rotatable bonds is 5. The van der Waals surface area contributed by atoms with E-state index in [0.29, 0.717) is 12.0 Å². The number of nitrogens with two attached hydrogens (primary N) is 1. The summed E-state index contributed by atoms with van der Waals surface area (Å²) in [5, 5.41) is 3.67. The zero-order valence-corrected chi connectivity index (χ0v) is 12.4. The van der Waals surface area contributed by atoms with Crippen LogP contribution in [0, 0.1) is 5.92 Å². The fraction of sp³-hybridized carbons (Fsp3) is 0.647. The lowest BCUT2D eigenvalue weighted by Gasteiger charge is -2.21. The van der Waals surface area contributed by atoms with E-state index in [1.54, 1.807) is 0 Å². The zero-order valence-electron chi connectivity index (χ0n) is 12.4. The molecule has 110 valence electrons. The fourth-order valence-corrected chi connectivity index (χ4v) is 3.63. The molecule has 1 aromatic rings. The minimum atomic E-state index is 0.574. The van der Waals surface area contributed by atoms with Crippen molar-refractivity contribution in [2.75, 3.05) is 25.0 Å². The molecule has 1 aliphatic carbocycles. The van der Waals surface area contributed by atoms with E-state index in [9.17, 15) is 0 Å². The van der Waals surface area contributed by atoms with Crippen LogP contribution in [-0.4, -0.2) is 30.6 Å². The van der Waals surface area contributed by atoms with E-state index in [-0.39, 0.29) is 0 Å². The average Bonchev–Trinajstić information content (AvgIpc) is 3.12. The molecule has 0 bridgehead atoms. The van der Waals surface area contributed by atoms with Gasteiger partial charge in [0.15, 0.2) is 0 Å². The Morgan fingerprint density at radius 1 is 1.05 bits per heavy atom. The van der Waals surface area contributed by atoms with Gasteiger partial charge in [-0.3, -0.25) is 4.90 Å². The van der Waals surface area contributed by atoms with Gasteiger partial charge in [0, 0.05) is 18.3 Å². The number of nitrogens with one attached hydrogen (secondary N) is 1. The molecular weight excluding hydrogens is 246 g/mol. The van der Waals surface area contributed by atoms with Gasteiger partial charge in [-0.1, -0.05) is 18.6 Å². The summed E-state index contributed by atoms with van der Waals surface area (Å²) in [5.74, 6) is 0.652. The number of benzene rings is 1. The van der Waals surface area contributed by atoms with Crippen LogP contribution in [0.3, 0.4) is 0 Å². The smallest absolute Gasteiger partial charge is 0.0342 e. The van der Waals surface area contributed by atoms with Crippen molar-refractivity contribution in [3.05, 3.63) is 29.8 Å². The Bertz CT molecular complexity index is 409. The Balaban J connectivity index is 1.55. The van der Waals surface area contributed by atoms with Crippen molar-refractivity contribution in [1.82, 2.24) is 4.90 Å². The number of nitrogens with zero attached hydrogens (tertiary/aromatic N) is 1. The number of likely N-dealkylation sites (tertiary alicyclic amines) is 1. The molecule has 0 radical (unpaired) electrons. The summed E-state index contributed by atoms with van der Waals surface area (Å²) in [4.78, 5) is 2.55. The summed E-state index contributed by atoms with van der Waals surface area (Å²) < 4.78 is 0. The Morgan fingerprint density at radius 2 is 1.80 bits per heavy atom. The summed E-state index contributed by atoms with van der Waals surface area (Å²) in [6.07, 6.45) is 6.58. The third-order valence-electron chi connectivity index (χ3n) is 4.87. The Hall–Kier alpha value is -1.06. The maximum atomic E-state index is 5.85. The highest BCUT2D eigenvalue weighted by Crippen LogP contribution is 2.28. The third-order valence-corrected chi connectivity index (χ3v) is 4.87. The van der Waals surface area contributed by atoms with E-state index in [1.165, 1.54) is 56.4 Å². The Labute approximate surface area is 122 Å². The molecule has 20 heavy (non-hydrogen) atoms. The normalized spacial score (nSPS) is 27.1. The van der Waals surface area contributed by atoms with Crippen LogP contribution < -0.4 is 11.1 Å². The lowest BCUT2D eigenvalue weighted by Crippen LogP contribution is -2.29. The molecule has 2 unspecified atom stereocenters. The highest BCUT2D eigenvalue weighted by atomic mass is 15.1. The van der Waals surface area contributed by atoms with Gasteiger partial charge < -0.3 is 11.1 Å². The summed E-state index contributed by atoms with van der Waals surface area (Å²) >= 11 is 0. The fourth-order valence-electron chi connectivity index (χ4n) is 3.63. The van der Waals surface area contributed by atoms with Gasteiger partial charge in [-0.2, -0.15) is 0 Å². The Kier molecular flexibility index (Phi) is 4.58. The second kappa shape index (κ2) is 6.59. The molecule has 3 nitrogen and oxygen atoms in total.